The number of hydrogen-bond acceptors (Lipinski definition) is 5. The van der Waals surface area contributed by atoms with Crippen molar-refractivity contribution in [3.8, 4) is 0 Å². The van der Waals surface area contributed by atoms with Crippen LogP contribution in [0.25, 0.3) is 5.65 Å². The van der Waals surface area contributed by atoms with Crippen molar-refractivity contribution in [3.05, 3.63) is 17.5 Å². The molecule has 0 atom stereocenters. The van der Waals surface area contributed by atoms with Crippen molar-refractivity contribution in [3.63, 3.8) is 0 Å². The zero-order valence-corrected chi connectivity index (χ0v) is 13.4. The lowest BCUT2D eigenvalue weighted by atomic mass is 10.3. The zero-order chi connectivity index (χ0) is 14.9. The van der Waals surface area contributed by atoms with Crippen LogP contribution in [0.5, 0.6) is 0 Å². The Kier molecular flexibility index (Phi) is 4.36. The highest BCUT2D eigenvalue weighted by molar-refractivity contribution is 8.00. The maximum Gasteiger partial charge on any atom is 0.244 e. The van der Waals surface area contributed by atoms with E-state index in [2.05, 4.69) is 17.0 Å². The molecule has 0 radical (unpaired) electrons. The van der Waals surface area contributed by atoms with Crippen LogP contribution in [-0.2, 0) is 10.0 Å². The number of aromatic nitrogens is 3. The Bertz CT molecular complexity index is 737. The number of nitrogens with two attached hydrogens (primary N) is 1. The highest BCUT2D eigenvalue weighted by atomic mass is 32.2. The van der Waals surface area contributed by atoms with Gasteiger partial charge in [-0.25, -0.2) is 23.1 Å². The molecule has 0 aliphatic carbocycles. The highest BCUT2D eigenvalue weighted by Crippen LogP contribution is 2.29. The van der Waals surface area contributed by atoms with Gasteiger partial charge in [0.2, 0.25) is 10.0 Å². The first-order valence-corrected chi connectivity index (χ1v) is 8.90. The molecule has 0 fully saturated rings. The summed E-state index contributed by atoms with van der Waals surface area (Å²) in [5.74, 6) is 0.806. The minimum atomic E-state index is -3.85. The topological polar surface area (TPSA) is 90.3 Å². The molecule has 8 heteroatoms. The van der Waals surface area contributed by atoms with Gasteiger partial charge in [-0.3, -0.25) is 0 Å². The molecule has 0 aliphatic heterocycles. The van der Waals surface area contributed by atoms with E-state index in [1.807, 2.05) is 19.9 Å². The van der Waals surface area contributed by atoms with Crippen LogP contribution in [0.2, 0.25) is 0 Å². The van der Waals surface area contributed by atoms with Crippen LogP contribution < -0.4 is 5.14 Å². The summed E-state index contributed by atoms with van der Waals surface area (Å²) >= 11 is 1.41. The SMILES string of the molecule is CCCCSc1nn2c(C)cc(C)nc2c1S(N)(=O)=O. The summed E-state index contributed by atoms with van der Waals surface area (Å²) in [6.45, 7) is 5.76. The molecule has 0 amide bonds. The monoisotopic (exact) mass is 314 g/mol. The van der Waals surface area contributed by atoms with Crippen LogP contribution in [0.3, 0.4) is 0 Å². The van der Waals surface area contributed by atoms with Crippen molar-refractivity contribution in [1.29, 1.82) is 0 Å². The van der Waals surface area contributed by atoms with Crippen LogP contribution in [0, 0.1) is 13.8 Å². The Morgan fingerprint density at radius 1 is 1.40 bits per heavy atom. The fourth-order valence-electron chi connectivity index (χ4n) is 1.94. The molecule has 2 aromatic heterocycles. The fourth-order valence-corrected chi connectivity index (χ4v) is 4.12. The predicted molar refractivity (Wildman–Crippen MR) is 79.5 cm³/mol. The van der Waals surface area contributed by atoms with Gasteiger partial charge in [-0.2, -0.15) is 5.10 Å². The first-order valence-electron chi connectivity index (χ1n) is 6.37. The average Bonchev–Trinajstić information content (AvgIpc) is 2.67. The van der Waals surface area contributed by atoms with E-state index in [0.717, 1.165) is 30.0 Å². The molecule has 0 spiro atoms. The third-order valence-corrected chi connectivity index (χ3v) is 4.97. The van der Waals surface area contributed by atoms with Crippen molar-refractivity contribution < 1.29 is 8.42 Å². The van der Waals surface area contributed by atoms with Crippen LogP contribution >= 0.6 is 11.8 Å². The average molecular weight is 314 g/mol. The van der Waals surface area contributed by atoms with Gasteiger partial charge in [0, 0.05) is 11.4 Å². The van der Waals surface area contributed by atoms with Gasteiger partial charge in [-0.15, -0.1) is 11.8 Å². The normalized spacial score (nSPS) is 12.2. The molecule has 110 valence electrons. The second kappa shape index (κ2) is 5.71. The summed E-state index contributed by atoms with van der Waals surface area (Å²) in [6, 6.07) is 1.85. The Balaban J connectivity index is 2.65. The molecule has 20 heavy (non-hydrogen) atoms. The highest BCUT2D eigenvalue weighted by Gasteiger charge is 2.24. The lowest BCUT2D eigenvalue weighted by Crippen LogP contribution is -2.13. The fraction of sp³-hybridized carbons (Fsp3) is 0.500. The number of aryl methyl sites for hydroxylation is 2. The Morgan fingerprint density at radius 2 is 2.10 bits per heavy atom. The maximum atomic E-state index is 11.9. The molecule has 0 aliphatic rings. The number of sulfonamides is 1. The molecular weight excluding hydrogens is 296 g/mol. The number of thioether (sulfide) groups is 1. The molecule has 2 aromatic rings. The van der Waals surface area contributed by atoms with Crippen molar-refractivity contribution in [2.45, 2.75) is 43.5 Å². The second-order valence-electron chi connectivity index (χ2n) is 4.66. The van der Waals surface area contributed by atoms with E-state index in [-0.39, 0.29) is 4.90 Å². The standard InChI is InChI=1S/C12H18N4O2S2/c1-4-5-6-19-12-10(20(13,17)18)11-14-8(2)7-9(3)16(11)15-12/h7H,4-6H2,1-3H3,(H2,13,17,18). The zero-order valence-electron chi connectivity index (χ0n) is 11.8. The number of hydrogen-bond donors (Lipinski definition) is 1. The Morgan fingerprint density at radius 3 is 2.70 bits per heavy atom. The number of rotatable bonds is 5. The number of fused-ring (bicyclic) bond motifs is 1. The van der Waals surface area contributed by atoms with Gasteiger partial charge in [0.1, 0.15) is 5.03 Å². The largest absolute Gasteiger partial charge is 0.244 e. The van der Waals surface area contributed by atoms with E-state index in [0.29, 0.717) is 10.7 Å². The van der Waals surface area contributed by atoms with E-state index in [1.165, 1.54) is 11.8 Å². The third kappa shape index (κ3) is 2.97. The smallest absolute Gasteiger partial charge is 0.233 e. The summed E-state index contributed by atoms with van der Waals surface area (Å²) in [4.78, 5) is 4.31. The van der Waals surface area contributed by atoms with E-state index in [4.69, 9.17) is 5.14 Å². The molecular formula is C12H18N4O2S2. The first kappa shape index (κ1) is 15.3. The predicted octanol–water partition coefficient (Wildman–Crippen LogP) is 1.89. The first-order chi connectivity index (χ1) is 9.34. The molecule has 6 nitrogen and oxygen atoms in total. The second-order valence-corrected chi connectivity index (χ2v) is 7.24. The van der Waals surface area contributed by atoms with Crippen molar-refractivity contribution >= 4 is 27.4 Å². The molecule has 2 N–H and O–H groups in total. The van der Waals surface area contributed by atoms with Gasteiger partial charge in [0.15, 0.2) is 10.5 Å². The lowest BCUT2D eigenvalue weighted by Gasteiger charge is -2.01. The number of nitrogens with zero attached hydrogens (tertiary/aromatic N) is 3. The van der Waals surface area contributed by atoms with E-state index in [1.54, 1.807) is 4.52 Å². The van der Waals surface area contributed by atoms with Crippen LogP contribution in [0.15, 0.2) is 16.0 Å². The quantitative estimate of drug-likeness (QED) is 0.672. The number of primary sulfonamides is 1. The summed E-state index contributed by atoms with van der Waals surface area (Å²) < 4.78 is 25.3. The Labute approximate surface area is 122 Å². The van der Waals surface area contributed by atoms with Crippen LogP contribution in [-0.4, -0.2) is 28.8 Å². The summed E-state index contributed by atoms with van der Waals surface area (Å²) in [5, 5.41) is 10.1. The Hall–Kier alpha value is -1.12. The van der Waals surface area contributed by atoms with Gasteiger partial charge in [-0.05, 0) is 32.1 Å². The van der Waals surface area contributed by atoms with Crippen molar-refractivity contribution in [1.82, 2.24) is 14.6 Å². The van der Waals surface area contributed by atoms with Gasteiger partial charge in [0.25, 0.3) is 0 Å². The molecule has 2 rings (SSSR count). The van der Waals surface area contributed by atoms with E-state index in [9.17, 15) is 8.42 Å². The summed E-state index contributed by atoms with van der Waals surface area (Å²) in [6.07, 6.45) is 2.04. The van der Waals surface area contributed by atoms with Crippen LogP contribution in [0.1, 0.15) is 31.2 Å². The summed E-state index contributed by atoms with van der Waals surface area (Å²) in [7, 11) is -3.85. The van der Waals surface area contributed by atoms with Gasteiger partial charge in [-0.1, -0.05) is 13.3 Å². The molecule has 0 saturated heterocycles. The van der Waals surface area contributed by atoms with Gasteiger partial charge in [0.05, 0.1) is 0 Å². The molecule has 0 saturated carbocycles. The minimum Gasteiger partial charge on any atom is -0.233 e. The molecule has 2 heterocycles. The number of unbranched alkanes of at least 4 members (excludes halogenated alkanes) is 1. The molecule has 0 aromatic carbocycles. The minimum absolute atomic E-state index is 0.0328. The molecule has 0 unspecified atom stereocenters. The van der Waals surface area contributed by atoms with Crippen molar-refractivity contribution in [2.24, 2.45) is 5.14 Å². The van der Waals surface area contributed by atoms with Gasteiger partial charge < -0.3 is 0 Å². The summed E-state index contributed by atoms with van der Waals surface area (Å²) in [5.41, 5.74) is 1.88. The molecule has 0 bridgehead atoms. The van der Waals surface area contributed by atoms with Crippen molar-refractivity contribution in [2.75, 3.05) is 5.75 Å². The van der Waals surface area contributed by atoms with E-state index < -0.39 is 10.0 Å². The third-order valence-electron chi connectivity index (χ3n) is 2.84. The maximum absolute atomic E-state index is 11.9. The van der Waals surface area contributed by atoms with Gasteiger partial charge >= 0.3 is 0 Å². The van der Waals surface area contributed by atoms with Crippen LogP contribution in [0.4, 0.5) is 0 Å². The van der Waals surface area contributed by atoms with E-state index >= 15 is 0 Å². The lowest BCUT2D eigenvalue weighted by molar-refractivity contribution is 0.596.